The maximum absolute atomic E-state index is 14.6. The smallest absolute Gasteiger partial charge is 0.412 e. The zero-order chi connectivity index (χ0) is 25.9. The molecule has 4 rings (SSSR count). The minimum absolute atomic E-state index is 0.158. The predicted octanol–water partition coefficient (Wildman–Crippen LogP) is 5.32. The molecule has 0 radical (unpaired) electrons. The third-order valence-corrected chi connectivity index (χ3v) is 5.04. The van der Waals surface area contributed by atoms with E-state index in [0.29, 0.717) is 22.5 Å². The molecule has 0 fully saturated rings. The Bertz CT molecular complexity index is 1540. The zero-order valence-electron chi connectivity index (χ0n) is 19.8. The number of nitriles is 1. The molecule has 0 atom stereocenters. The van der Waals surface area contributed by atoms with Gasteiger partial charge in [-0.2, -0.15) is 5.26 Å². The van der Waals surface area contributed by atoms with E-state index in [9.17, 15) is 19.2 Å². The Kier molecular flexibility index (Phi) is 6.61. The van der Waals surface area contributed by atoms with Gasteiger partial charge in [0.15, 0.2) is 5.82 Å². The van der Waals surface area contributed by atoms with Crippen LogP contribution < -0.4 is 10.9 Å². The first-order chi connectivity index (χ1) is 17.2. The van der Waals surface area contributed by atoms with Crippen LogP contribution in [0.3, 0.4) is 0 Å². The number of carbonyl (C=O) groups is 1. The molecule has 8 nitrogen and oxygen atoms in total. The van der Waals surface area contributed by atoms with Crippen LogP contribution in [0.15, 0.2) is 78.0 Å². The van der Waals surface area contributed by atoms with E-state index < -0.39 is 23.1 Å². The Morgan fingerprint density at radius 1 is 1.06 bits per heavy atom. The van der Waals surface area contributed by atoms with Crippen LogP contribution in [0.1, 0.15) is 26.3 Å². The lowest BCUT2D eigenvalue weighted by atomic mass is 10.00. The minimum Gasteiger partial charge on any atom is -0.444 e. The van der Waals surface area contributed by atoms with E-state index in [0.717, 1.165) is 6.07 Å². The van der Waals surface area contributed by atoms with E-state index in [1.165, 1.54) is 22.9 Å². The van der Waals surface area contributed by atoms with Gasteiger partial charge >= 0.3 is 6.09 Å². The second-order valence-corrected chi connectivity index (χ2v) is 8.84. The van der Waals surface area contributed by atoms with Crippen LogP contribution in [0.25, 0.3) is 28.2 Å². The first-order valence-corrected chi connectivity index (χ1v) is 11.0. The van der Waals surface area contributed by atoms with E-state index in [1.807, 2.05) is 0 Å². The van der Waals surface area contributed by atoms with Crippen molar-refractivity contribution >= 4 is 11.8 Å². The molecule has 1 amide bonds. The molecule has 0 saturated heterocycles. The number of hydrogen-bond acceptors (Lipinski definition) is 6. The van der Waals surface area contributed by atoms with Crippen LogP contribution >= 0.6 is 0 Å². The van der Waals surface area contributed by atoms with Gasteiger partial charge in [-0.3, -0.25) is 14.7 Å². The lowest BCUT2D eigenvalue weighted by Gasteiger charge is -2.20. The monoisotopic (exact) mass is 483 g/mol. The fraction of sp³-hybridized carbons (Fsp3) is 0.148. The number of amides is 1. The van der Waals surface area contributed by atoms with Crippen LogP contribution in [0.5, 0.6) is 0 Å². The van der Waals surface area contributed by atoms with E-state index >= 15 is 0 Å². The summed E-state index contributed by atoms with van der Waals surface area (Å²) in [4.78, 5) is 34.4. The number of halogens is 1. The first kappa shape index (κ1) is 24.3. The number of pyridine rings is 1. The Balaban J connectivity index is 1.89. The SMILES string of the molecule is CC(C)(C)OC(=O)Nc1cc(-n2cc(-c3ncccn3)cc(-c3ccccc3C#N)c2=O)ccc1F. The van der Waals surface area contributed by atoms with Crippen LogP contribution in [0.2, 0.25) is 0 Å². The van der Waals surface area contributed by atoms with Gasteiger partial charge in [0, 0.05) is 35.3 Å². The van der Waals surface area contributed by atoms with Gasteiger partial charge in [0.2, 0.25) is 0 Å². The summed E-state index contributed by atoms with van der Waals surface area (Å²) in [7, 11) is 0. The number of carbonyl (C=O) groups excluding carboxylic acids is 1. The largest absolute Gasteiger partial charge is 0.444 e. The van der Waals surface area contributed by atoms with E-state index in [2.05, 4.69) is 21.4 Å². The number of nitrogens with one attached hydrogen (secondary N) is 1. The quantitative estimate of drug-likeness (QED) is 0.421. The molecule has 180 valence electrons. The molecule has 0 aliphatic carbocycles. The minimum atomic E-state index is -0.832. The van der Waals surface area contributed by atoms with Gasteiger partial charge in [-0.15, -0.1) is 0 Å². The second kappa shape index (κ2) is 9.80. The highest BCUT2D eigenvalue weighted by Gasteiger charge is 2.19. The third kappa shape index (κ3) is 5.28. The Morgan fingerprint density at radius 2 is 1.78 bits per heavy atom. The fourth-order valence-corrected chi connectivity index (χ4v) is 3.53. The summed E-state index contributed by atoms with van der Waals surface area (Å²) in [5.41, 5.74) is 0.390. The zero-order valence-corrected chi connectivity index (χ0v) is 19.8. The summed E-state index contributed by atoms with van der Waals surface area (Å²) in [6.07, 6.45) is 3.84. The van der Waals surface area contributed by atoms with Gasteiger partial charge in [-0.05, 0) is 57.2 Å². The van der Waals surface area contributed by atoms with Crippen LogP contribution in [0.4, 0.5) is 14.9 Å². The fourth-order valence-electron chi connectivity index (χ4n) is 3.53. The molecule has 0 aliphatic rings. The van der Waals surface area contributed by atoms with Crippen molar-refractivity contribution in [2.24, 2.45) is 0 Å². The van der Waals surface area contributed by atoms with Crippen molar-refractivity contribution in [3.05, 3.63) is 94.9 Å². The maximum atomic E-state index is 14.6. The van der Waals surface area contributed by atoms with Gasteiger partial charge in [0.05, 0.1) is 23.0 Å². The van der Waals surface area contributed by atoms with Crippen molar-refractivity contribution in [1.82, 2.24) is 14.5 Å². The van der Waals surface area contributed by atoms with Gasteiger partial charge in [-0.25, -0.2) is 19.2 Å². The molecule has 2 heterocycles. The molecule has 0 bridgehead atoms. The molecular formula is C27H22FN5O3. The number of anilines is 1. The standard InChI is InChI=1S/C27H22FN5O3/c1-27(2,3)36-26(35)32-23-14-19(9-10-22(23)28)33-16-18(24-30-11-6-12-31-24)13-21(25(33)34)20-8-5-4-7-17(20)15-29/h4-14,16H,1-3H3,(H,32,35). The molecule has 9 heteroatoms. The number of nitrogens with zero attached hydrogens (tertiary/aromatic N) is 4. The highest BCUT2D eigenvalue weighted by molar-refractivity contribution is 5.85. The Labute approximate surface area is 206 Å². The summed E-state index contributed by atoms with van der Waals surface area (Å²) in [6.45, 7) is 5.07. The van der Waals surface area contributed by atoms with Gasteiger partial charge in [0.25, 0.3) is 5.56 Å². The number of benzene rings is 2. The van der Waals surface area contributed by atoms with Crippen molar-refractivity contribution in [2.45, 2.75) is 26.4 Å². The van der Waals surface area contributed by atoms with E-state index in [-0.39, 0.29) is 16.9 Å². The normalized spacial score (nSPS) is 11.0. The van der Waals surface area contributed by atoms with Crippen LogP contribution in [-0.4, -0.2) is 26.2 Å². The molecule has 0 unspecified atom stereocenters. The lowest BCUT2D eigenvalue weighted by Crippen LogP contribution is -2.27. The average molecular weight is 484 g/mol. The highest BCUT2D eigenvalue weighted by atomic mass is 19.1. The Hall–Kier alpha value is -4.84. The molecule has 2 aromatic carbocycles. The molecule has 0 spiro atoms. The summed E-state index contributed by atoms with van der Waals surface area (Å²) < 4.78 is 21.1. The van der Waals surface area contributed by atoms with Crippen molar-refractivity contribution in [3.8, 4) is 34.3 Å². The van der Waals surface area contributed by atoms with Crippen molar-refractivity contribution in [2.75, 3.05) is 5.32 Å². The van der Waals surface area contributed by atoms with E-state index in [1.54, 1.807) is 69.6 Å². The van der Waals surface area contributed by atoms with E-state index in [4.69, 9.17) is 4.74 Å². The average Bonchev–Trinajstić information content (AvgIpc) is 2.85. The van der Waals surface area contributed by atoms with Crippen molar-refractivity contribution < 1.29 is 13.9 Å². The summed E-state index contributed by atoms with van der Waals surface area (Å²) in [6, 6.07) is 16.0. The number of hydrogen-bond donors (Lipinski definition) is 1. The van der Waals surface area contributed by atoms with Gasteiger partial charge in [-0.1, -0.05) is 18.2 Å². The predicted molar refractivity (Wildman–Crippen MR) is 133 cm³/mol. The number of aromatic nitrogens is 3. The van der Waals surface area contributed by atoms with Gasteiger partial charge < -0.3 is 4.74 Å². The third-order valence-electron chi connectivity index (χ3n) is 5.04. The molecular weight excluding hydrogens is 461 g/mol. The van der Waals surface area contributed by atoms with Crippen molar-refractivity contribution in [1.29, 1.82) is 5.26 Å². The number of rotatable bonds is 4. The van der Waals surface area contributed by atoms with Crippen LogP contribution in [0, 0.1) is 17.1 Å². The first-order valence-electron chi connectivity index (χ1n) is 11.0. The highest BCUT2D eigenvalue weighted by Crippen LogP contribution is 2.26. The van der Waals surface area contributed by atoms with Crippen molar-refractivity contribution in [3.63, 3.8) is 0 Å². The molecule has 4 aromatic rings. The summed E-state index contributed by atoms with van der Waals surface area (Å²) in [5.74, 6) is -0.341. The molecule has 36 heavy (non-hydrogen) atoms. The second-order valence-electron chi connectivity index (χ2n) is 8.84. The molecule has 1 N–H and O–H groups in total. The topological polar surface area (TPSA) is 110 Å². The van der Waals surface area contributed by atoms with Crippen LogP contribution in [-0.2, 0) is 4.74 Å². The lowest BCUT2D eigenvalue weighted by molar-refractivity contribution is 0.0635. The summed E-state index contributed by atoms with van der Waals surface area (Å²) in [5, 5.41) is 12.0. The van der Waals surface area contributed by atoms with Gasteiger partial charge in [0.1, 0.15) is 11.4 Å². The number of ether oxygens (including phenoxy) is 1. The maximum Gasteiger partial charge on any atom is 0.412 e. The summed E-state index contributed by atoms with van der Waals surface area (Å²) >= 11 is 0. The Morgan fingerprint density at radius 3 is 2.47 bits per heavy atom. The molecule has 0 saturated carbocycles. The molecule has 2 aromatic heterocycles. The molecule has 0 aliphatic heterocycles.